The molecule has 1 aliphatic heterocycles. The first kappa shape index (κ1) is 18.1. The summed E-state index contributed by atoms with van der Waals surface area (Å²) in [6, 6.07) is 4.79. The van der Waals surface area contributed by atoms with Gasteiger partial charge in [-0.15, -0.1) is 0 Å². The van der Waals surface area contributed by atoms with Crippen molar-refractivity contribution in [2.24, 2.45) is 0 Å². The van der Waals surface area contributed by atoms with E-state index in [0.717, 1.165) is 36.4 Å². The lowest BCUT2D eigenvalue weighted by Gasteiger charge is -2.30. The summed E-state index contributed by atoms with van der Waals surface area (Å²) in [5, 5.41) is 4.73. The maximum atomic E-state index is 12.3. The van der Waals surface area contributed by atoms with Gasteiger partial charge in [-0.3, -0.25) is 15.0 Å². The van der Waals surface area contributed by atoms with E-state index in [4.69, 9.17) is 9.47 Å². The van der Waals surface area contributed by atoms with Crippen LogP contribution in [0.1, 0.15) is 31.4 Å². The molecule has 24 heavy (non-hydrogen) atoms. The van der Waals surface area contributed by atoms with Crippen molar-refractivity contribution in [1.29, 1.82) is 0 Å². The van der Waals surface area contributed by atoms with Gasteiger partial charge >= 0.3 is 6.03 Å². The van der Waals surface area contributed by atoms with Crippen molar-refractivity contribution < 1.29 is 19.1 Å². The van der Waals surface area contributed by atoms with Gasteiger partial charge in [-0.25, -0.2) is 4.79 Å². The van der Waals surface area contributed by atoms with Crippen LogP contribution < -0.4 is 20.1 Å². The lowest BCUT2D eigenvalue weighted by molar-refractivity contribution is -0.125. The molecule has 1 heterocycles. The van der Waals surface area contributed by atoms with Crippen LogP contribution in [0.3, 0.4) is 0 Å². The second kappa shape index (κ2) is 8.01. The highest BCUT2D eigenvalue weighted by atomic mass is 16.5. The Hall–Kier alpha value is -2.28. The van der Waals surface area contributed by atoms with Gasteiger partial charge in [-0.05, 0) is 44.5 Å². The summed E-state index contributed by atoms with van der Waals surface area (Å²) in [7, 11) is 4.73. The van der Waals surface area contributed by atoms with E-state index in [2.05, 4.69) is 15.5 Å². The van der Waals surface area contributed by atoms with Gasteiger partial charge in [0.2, 0.25) is 5.91 Å². The minimum atomic E-state index is -0.499. The number of methoxy groups -OCH3 is 2. The van der Waals surface area contributed by atoms with Gasteiger partial charge in [0.05, 0.1) is 20.3 Å². The van der Waals surface area contributed by atoms with Crippen LogP contribution in [0.25, 0.3) is 0 Å². The third kappa shape index (κ3) is 3.79. The van der Waals surface area contributed by atoms with Crippen LogP contribution >= 0.6 is 0 Å². The number of amides is 3. The molecule has 3 amide bonds. The topological polar surface area (TPSA) is 79.9 Å². The normalized spacial score (nSPS) is 18.8. The smallest absolute Gasteiger partial charge is 0.321 e. The third-order valence-corrected chi connectivity index (χ3v) is 4.43. The van der Waals surface area contributed by atoms with Crippen molar-refractivity contribution in [2.75, 3.05) is 27.8 Å². The van der Waals surface area contributed by atoms with Gasteiger partial charge in [0.1, 0.15) is 11.5 Å². The number of carbonyl (C=O) groups excluding carboxylic acids is 2. The molecule has 1 fully saturated rings. The van der Waals surface area contributed by atoms with E-state index in [-0.39, 0.29) is 11.9 Å². The minimum absolute atomic E-state index is 0.0421. The van der Waals surface area contributed by atoms with Crippen LogP contribution in [0.4, 0.5) is 4.79 Å². The number of rotatable bonds is 5. The largest absolute Gasteiger partial charge is 0.497 e. The van der Waals surface area contributed by atoms with Crippen molar-refractivity contribution in [1.82, 2.24) is 15.5 Å². The zero-order chi connectivity index (χ0) is 17.7. The zero-order valence-corrected chi connectivity index (χ0v) is 14.6. The monoisotopic (exact) mass is 335 g/mol. The Morgan fingerprint density at radius 1 is 1.29 bits per heavy atom. The number of nitrogens with zero attached hydrogens (tertiary/aromatic N) is 1. The van der Waals surface area contributed by atoms with E-state index in [0.29, 0.717) is 0 Å². The molecule has 1 aromatic carbocycles. The first-order valence-electron chi connectivity index (χ1n) is 8.02. The number of hydrogen-bond acceptors (Lipinski definition) is 5. The highest BCUT2D eigenvalue weighted by Crippen LogP contribution is 2.39. The summed E-state index contributed by atoms with van der Waals surface area (Å²) in [6.45, 7) is 2.59. The number of nitrogens with one attached hydrogen (secondary N) is 2. The molecule has 0 aliphatic carbocycles. The molecule has 0 radical (unpaired) electrons. The predicted octanol–water partition coefficient (Wildman–Crippen LogP) is 1.68. The third-order valence-electron chi connectivity index (χ3n) is 4.43. The Morgan fingerprint density at radius 2 is 2.04 bits per heavy atom. The van der Waals surface area contributed by atoms with Gasteiger partial charge in [0.15, 0.2) is 0 Å². The molecule has 2 atom stereocenters. The van der Waals surface area contributed by atoms with E-state index in [1.165, 1.54) is 7.05 Å². The van der Waals surface area contributed by atoms with Crippen molar-refractivity contribution in [2.45, 2.75) is 31.8 Å². The van der Waals surface area contributed by atoms with Crippen molar-refractivity contribution in [3.8, 4) is 11.5 Å². The Balaban J connectivity index is 2.24. The number of imide groups is 1. The fourth-order valence-electron chi connectivity index (χ4n) is 3.12. The van der Waals surface area contributed by atoms with Crippen LogP contribution in [-0.2, 0) is 4.79 Å². The first-order valence-corrected chi connectivity index (χ1v) is 8.02. The minimum Gasteiger partial charge on any atom is -0.497 e. The van der Waals surface area contributed by atoms with Crippen molar-refractivity contribution in [3.05, 3.63) is 23.8 Å². The number of urea groups is 1. The molecular formula is C17H25N3O4. The van der Waals surface area contributed by atoms with Crippen LogP contribution in [0.2, 0.25) is 0 Å². The van der Waals surface area contributed by atoms with Gasteiger partial charge < -0.3 is 14.8 Å². The molecule has 1 aromatic rings. The molecule has 0 aromatic heterocycles. The van der Waals surface area contributed by atoms with Crippen molar-refractivity contribution in [3.63, 3.8) is 0 Å². The predicted molar refractivity (Wildman–Crippen MR) is 90.3 cm³/mol. The molecule has 7 nitrogen and oxygen atoms in total. The SMILES string of the molecule is CNC(=O)NC(=O)[C@H](C)N1CCC[C@@H]1c1cc(OC)ccc1OC. The van der Waals surface area contributed by atoms with E-state index < -0.39 is 12.1 Å². The molecule has 1 saturated heterocycles. The second-order valence-corrected chi connectivity index (χ2v) is 5.75. The fraction of sp³-hybridized carbons (Fsp3) is 0.529. The average Bonchev–Trinajstić information content (AvgIpc) is 3.09. The van der Waals surface area contributed by atoms with E-state index >= 15 is 0 Å². The maximum absolute atomic E-state index is 12.3. The van der Waals surface area contributed by atoms with Crippen LogP contribution in [0.15, 0.2) is 18.2 Å². The number of carbonyl (C=O) groups is 2. The summed E-state index contributed by atoms with van der Waals surface area (Å²) >= 11 is 0. The lowest BCUT2D eigenvalue weighted by atomic mass is 10.0. The van der Waals surface area contributed by atoms with Gasteiger partial charge in [-0.2, -0.15) is 0 Å². The molecule has 0 unspecified atom stereocenters. The molecule has 1 aliphatic rings. The highest BCUT2D eigenvalue weighted by Gasteiger charge is 2.35. The summed E-state index contributed by atoms with van der Waals surface area (Å²) < 4.78 is 10.8. The summed E-state index contributed by atoms with van der Waals surface area (Å²) in [5.41, 5.74) is 0.994. The molecule has 132 valence electrons. The van der Waals surface area contributed by atoms with E-state index in [1.54, 1.807) is 14.2 Å². The lowest BCUT2D eigenvalue weighted by Crippen LogP contribution is -2.48. The Morgan fingerprint density at radius 3 is 2.67 bits per heavy atom. The standard InChI is InChI=1S/C17H25N3O4/c1-11(16(21)19-17(22)18-2)20-9-5-6-14(20)13-10-12(23-3)7-8-15(13)24-4/h7-8,10-11,14H,5-6,9H2,1-4H3,(H2,18,19,21,22)/t11-,14+/m0/s1. The summed E-state index contributed by atoms with van der Waals surface area (Å²) in [6.07, 6.45) is 1.89. The molecule has 0 bridgehead atoms. The van der Waals surface area contributed by atoms with Crippen LogP contribution in [0, 0.1) is 0 Å². The number of benzene rings is 1. The van der Waals surface area contributed by atoms with Crippen LogP contribution in [0.5, 0.6) is 11.5 Å². The first-order chi connectivity index (χ1) is 11.5. The second-order valence-electron chi connectivity index (χ2n) is 5.75. The number of hydrogen-bond donors (Lipinski definition) is 2. The average molecular weight is 335 g/mol. The number of ether oxygens (including phenoxy) is 2. The van der Waals surface area contributed by atoms with E-state index in [1.807, 2.05) is 25.1 Å². The molecule has 0 spiro atoms. The maximum Gasteiger partial charge on any atom is 0.321 e. The Kier molecular flexibility index (Phi) is 6.03. The van der Waals surface area contributed by atoms with E-state index in [9.17, 15) is 9.59 Å². The van der Waals surface area contributed by atoms with Crippen molar-refractivity contribution >= 4 is 11.9 Å². The molecule has 0 saturated carbocycles. The van der Waals surface area contributed by atoms with Crippen LogP contribution in [-0.4, -0.2) is 50.7 Å². The molecular weight excluding hydrogens is 310 g/mol. The van der Waals surface area contributed by atoms with Gasteiger partial charge in [0, 0.05) is 18.7 Å². The van der Waals surface area contributed by atoms with Gasteiger partial charge in [-0.1, -0.05) is 0 Å². The number of likely N-dealkylation sites (tertiary alicyclic amines) is 1. The molecule has 2 N–H and O–H groups in total. The fourth-order valence-corrected chi connectivity index (χ4v) is 3.12. The van der Waals surface area contributed by atoms with Gasteiger partial charge in [0.25, 0.3) is 0 Å². The summed E-state index contributed by atoms with van der Waals surface area (Å²) in [4.78, 5) is 25.8. The quantitative estimate of drug-likeness (QED) is 0.856. The molecule has 2 rings (SSSR count). The highest BCUT2D eigenvalue weighted by molar-refractivity contribution is 5.96. The Labute approximate surface area is 142 Å². The Bertz CT molecular complexity index is 605. The summed E-state index contributed by atoms with van der Waals surface area (Å²) in [5.74, 6) is 1.20. The molecule has 7 heteroatoms. The zero-order valence-electron chi connectivity index (χ0n) is 14.6.